The highest BCUT2D eigenvalue weighted by atomic mass is 16.5. The van der Waals surface area contributed by atoms with Crippen LogP contribution in [0.5, 0.6) is 17.2 Å². The zero-order valence-corrected chi connectivity index (χ0v) is 23.2. The molecule has 2 amide bonds. The van der Waals surface area contributed by atoms with Crippen LogP contribution in [0.1, 0.15) is 27.0 Å². The Bertz CT molecular complexity index is 1400. The van der Waals surface area contributed by atoms with Crippen molar-refractivity contribution in [1.82, 2.24) is 10.6 Å². The Morgan fingerprint density at radius 2 is 1.05 bits per heavy atom. The summed E-state index contributed by atoms with van der Waals surface area (Å²) in [5.41, 5.74) is 3.00. The van der Waals surface area contributed by atoms with E-state index in [1.807, 2.05) is 91.0 Å². The number of amides is 2. The minimum atomic E-state index is -0.596. The molecule has 0 aliphatic carbocycles. The summed E-state index contributed by atoms with van der Waals surface area (Å²) in [6, 6.07) is 32.0. The van der Waals surface area contributed by atoms with Crippen LogP contribution in [0.25, 0.3) is 0 Å². The molecule has 0 heterocycles. The Labute approximate surface area is 244 Å². The molecule has 42 heavy (non-hydrogen) atoms. The van der Waals surface area contributed by atoms with Crippen molar-refractivity contribution >= 4 is 17.8 Å². The van der Waals surface area contributed by atoms with Crippen molar-refractivity contribution in [2.24, 2.45) is 0 Å². The van der Waals surface area contributed by atoms with Crippen molar-refractivity contribution in [2.45, 2.75) is 19.8 Å². The third-order valence-corrected chi connectivity index (χ3v) is 6.05. The molecule has 4 aromatic carbocycles. The molecule has 0 saturated heterocycles. The van der Waals surface area contributed by atoms with Gasteiger partial charge in [-0.3, -0.25) is 14.4 Å². The highest BCUT2D eigenvalue weighted by molar-refractivity contribution is 5.97. The van der Waals surface area contributed by atoms with Crippen LogP contribution in [-0.4, -0.2) is 38.0 Å². The maximum atomic E-state index is 13.2. The Morgan fingerprint density at radius 3 is 1.50 bits per heavy atom. The van der Waals surface area contributed by atoms with Gasteiger partial charge in [0.1, 0.15) is 26.4 Å². The smallest absolute Gasteiger partial charge is 0.325 e. The Balaban J connectivity index is 1.61. The number of hydrogen-bond acceptors (Lipinski definition) is 7. The molecule has 9 heteroatoms. The van der Waals surface area contributed by atoms with Gasteiger partial charge in [0.15, 0.2) is 11.5 Å². The van der Waals surface area contributed by atoms with E-state index >= 15 is 0 Å². The number of ether oxygens (including phenoxy) is 4. The van der Waals surface area contributed by atoms with Gasteiger partial charge >= 0.3 is 5.97 Å². The molecule has 0 unspecified atom stereocenters. The summed E-state index contributed by atoms with van der Waals surface area (Å²) >= 11 is 0. The van der Waals surface area contributed by atoms with Gasteiger partial charge in [0.2, 0.25) is 11.7 Å². The average molecular weight is 569 g/mol. The zero-order valence-electron chi connectivity index (χ0n) is 23.2. The molecule has 0 bridgehead atoms. The maximum absolute atomic E-state index is 13.2. The molecule has 0 atom stereocenters. The van der Waals surface area contributed by atoms with E-state index < -0.39 is 17.8 Å². The number of benzene rings is 4. The standard InChI is InChI=1S/C33H32N2O7/c1-39-31(37)20-34-30(36)19-35-33(38)27-17-28(40-21-24-11-5-2-6-12-24)32(42-23-26-15-9-4-10-16-26)29(18-27)41-22-25-13-7-3-8-14-25/h2-18H,19-23H2,1H3,(H,34,36)(H,35,38). The Morgan fingerprint density at radius 1 is 0.595 bits per heavy atom. The summed E-state index contributed by atoms with van der Waals surface area (Å²) in [6.07, 6.45) is 0. The van der Waals surface area contributed by atoms with Gasteiger partial charge in [-0.15, -0.1) is 0 Å². The lowest BCUT2D eigenvalue weighted by Gasteiger charge is -2.19. The minimum Gasteiger partial charge on any atom is -0.485 e. The third-order valence-electron chi connectivity index (χ3n) is 6.05. The van der Waals surface area contributed by atoms with Crippen molar-refractivity contribution < 1.29 is 33.3 Å². The summed E-state index contributed by atoms with van der Waals surface area (Å²) in [6.45, 7) is 0.0512. The summed E-state index contributed by atoms with van der Waals surface area (Å²) in [5.74, 6) is -0.717. The van der Waals surface area contributed by atoms with E-state index in [0.717, 1.165) is 16.7 Å². The first-order valence-corrected chi connectivity index (χ1v) is 13.3. The Hall–Kier alpha value is -5.31. The van der Waals surface area contributed by atoms with Crippen molar-refractivity contribution in [3.8, 4) is 17.2 Å². The number of methoxy groups -OCH3 is 1. The molecule has 0 aliphatic rings. The quantitative estimate of drug-likeness (QED) is 0.216. The van der Waals surface area contributed by atoms with Gasteiger partial charge in [0, 0.05) is 5.56 Å². The van der Waals surface area contributed by atoms with Crippen LogP contribution in [0.3, 0.4) is 0 Å². The predicted octanol–water partition coefficient (Wildman–Crippen LogP) is 4.44. The molecular weight excluding hydrogens is 536 g/mol. The molecule has 9 nitrogen and oxygen atoms in total. The molecule has 4 rings (SSSR count). The first kappa shape index (κ1) is 29.7. The van der Waals surface area contributed by atoms with E-state index in [0.29, 0.717) is 17.2 Å². The molecule has 0 aliphatic heterocycles. The molecule has 4 aromatic rings. The van der Waals surface area contributed by atoms with Crippen LogP contribution < -0.4 is 24.8 Å². The van der Waals surface area contributed by atoms with E-state index in [1.54, 1.807) is 12.1 Å². The van der Waals surface area contributed by atoms with Crippen LogP contribution in [-0.2, 0) is 34.1 Å². The second-order valence-electron chi connectivity index (χ2n) is 9.16. The van der Waals surface area contributed by atoms with Crippen LogP contribution in [0.2, 0.25) is 0 Å². The van der Waals surface area contributed by atoms with Crippen molar-refractivity contribution in [3.63, 3.8) is 0 Å². The first-order valence-electron chi connectivity index (χ1n) is 13.3. The number of carbonyl (C=O) groups excluding carboxylic acids is 3. The maximum Gasteiger partial charge on any atom is 0.325 e. The minimum absolute atomic E-state index is 0.203. The first-order chi connectivity index (χ1) is 20.5. The van der Waals surface area contributed by atoms with Gasteiger partial charge in [-0.2, -0.15) is 0 Å². The highest BCUT2D eigenvalue weighted by Crippen LogP contribution is 2.40. The number of hydrogen-bond donors (Lipinski definition) is 2. The number of esters is 1. The Kier molecular flexibility index (Phi) is 10.9. The lowest BCUT2D eigenvalue weighted by Crippen LogP contribution is -2.39. The topological polar surface area (TPSA) is 112 Å². The largest absolute Gasteiger partial charge is 0.485 e. The van der Waals surface area contributed by atoms with Crippen LogP contribution in [0.15, 0.2) is 103 Å². The number of rotatable bonds is 14. The molecule has 216 valence electrons. The van der Waals surface area contributed by atoms with E-state index in [-0.39, 0.29) is 38.5 Å². The zero-order chi connectivity index (χ0) is 29.6. The van der Waals surface area contributed by atoms with Gasteiger partial charge in [0.25, 0.3) is 5.91 Å². The van der Waals surface area contributed by atoms with Crippen LogP contribution in [0, 0.1) is 0 Å². The SMILES string of the molecule is COC(=O)CNC(=O)CNC(=O)c1cc(OCc2ccccc2)c(OCc2ccccc2)c(OCc2ccccc2)c1. The van der Waals surface area contributed by atoms with E-state index in [1.165, 1.54) is 7.11 Å². The number of nitrogens with one attached hydrogen (secondary N) is 2. The third kappa shape index (κ3) is 9.12. The number of carbonyl (C=O) groups is 3. The van der Waals surface area contributed by atoms with Gasteiger partial charge < -0.3 is 29.6 Å². The van der Waals surface area contributed by atoms with Crippen molar-refractivity contribution in [1.29, 1.82) is 0 Å². The molecule has 0 fully saturated rings. The van der Waals surface area contributed by atoms with E-state index in [9.17, 15) is 14.4 Å². The van der Waals surface area contributed by atoms with E-state index in [4.69, 9.17) is 14.2 Å². The summed E-state index contributed by atoms with van der Waals surface area (Å²) in [5, 5.41) is 4.95. The average Bonchev–Trinajstić information content (AvgIpc) is 3.04. The summed E-state index contributed by atoms with van der Waals surface area (Å²) in [7, 11) is 1.22. The normalized spacial score (nSPS) is 10.3. The van der Waals surface area contributed by atoms with Crippen LogP contribution in [0.4, 0.5) is 0 Å². The molecule has 0 radical (unpaired) electrons. The van der Waals surface area contributed by atoms with Gasteiger partial charge in [-0.25, -0.2) is 0 Å². The van der Waals surface area contributed by atoms with Crippen molar-refractivity contribution in [3.05, 3.63) is 125 Å². The van der Waals surface area contributed by atoms with Gasteiger partial charge in [0.05, 0.1) is 13.7 Å². The molecule has 0 saturated carbocycles. The van der Waals surface area contributed by atoms with Gasteiger partial charge in [-0.1, -0.05) is 91.0 Å². The van der Waals surface area contributed by atoms with Crippen LogP contribution >= 0.6 is 0 Å². The summed E-state index contributed by atoms with van der Waals surface area (Å²) < 4.78 is 23.1. The molecular formula is C33H32N2O7. The fourth-order valence-corrected chi connectivity index (χ4v) is 3.83. The van der Waals surface area contributed by atoms with E-state index in [2.05, 4.69) is 15.4 Å². The second-order valence-corrected chi connectivity index (χ2v) is 9.16. The fraction of sp³-hybridized carbons (Fsp3) is 0.182. The monoisotopic (exact) mass is 568 g/mol. The second kappa shape index (κ2) is 15.5. The molecule has 0 aromatic heterocycles. The summed E-state index contributed by atoms with van der Waals surface area (Å²) in [4.78, 5) is 36.6. The lowest BCUT2D eigenvalue weighted by atomic mass is 10.1. The lowest BCUT2D eigenvalue weighted by molar-refractivity contribution is -0.141. The molecule has 2 N–H and O–H groups in total. The van der Waals surface area contributed by atoms with Crippen molar-refractivity contribution in [2.75, 3.05) is 20.2 Å². The predicted molar refractivity (Wildman–Crippen MR) is 156 cm³/mol. The molecule has 0 spiro atoms. The van der Waals surface area contributed by atoms with Gasteiger partial charge in [-0.05, 0) is 28.8 Å². The highest BCUT2D eigenvalue weighted by Gasteiger charge is 2.20. The fourth-order valence-electron chi connectivity index (χ4n) is 3.83.